The quantitative estimate of drug-likeness (QED) is 0.130. The lowest BCUT2D eigenvalue weighted by Gasteiger charge is -2.26. The fourth-order valence-electron chi connectivity index (χ4n) is 16.0. The van der Waals surface area contributed by atoms with Crippen molar-refractivity contribution < 1.29 is 0 Å². The number of nitrogens with zero attached hydrogens (tertiary/aromatic N) is 2. The summed E-state index contributed by atoms with van der Waals surface area (Å²) in [6.45, 7) is 0. The van der Waals surface area contributed by atoms with Crippen molar-refractivity contribution in [2.24, 2.45) is 0 Å². The minimum absolute atomic E-state index is 0.313. The maximum absolute atomic E-state index is 3.56. The first-order chi connectivity index (χ1) is 52.1. The Morgan fingerprint density at radius 3 is 0.943 bits per heavy atom. The number of anilines is 5. The predicted octanol–water partition coefficient (Wildman–Crippen LogP) is 28.6. The molecular formula is C101H70BrN3. The number of benzene rings is 18. The number of rotatable bonds is 11. The first-order valence-corrected chi connectivity index (χ1v) is 36.7. The highest BCUT2D eigenvalue weighted by Crippen LogP contribution is 2.50. The van der Waals surface area contributed by atoms with Crippen LogP contribution in [0.25, 0.3) is 126 Å². The summed E-state index contributed by atoms with van der Waals surface area (Å²) in [6.07, 6.45) is 0. The van der Waals surface area contributed by atoms with Gasteiger partial charge in [0.05, 0.1) is 11.0 Å². The molecule has 1 aromatic heterocycles. The van der Waals surface area contributed by atoms with Crippen molar-refractivity contribution in [3.05, 3.63) is 434 Å². The molecule has 0 aliphatic heterocycles. The summed E-state index contributed by atoms with van der Waals surface area (Å²) in [7, 11) is 0. The second-order valence-corrected chi connectivity index (χ2v) is 27.7. The van der Waals surface area contributed by atoms with Crippen molar-refractivity contribution in [3.63, 3.8) is 0 Å². The number of para-hydroxylation sites is 4. The number of hydrogen-bond acceptors (Lipinski definition) is 2. The van der Waals surface area contributed by atoms with E-state index >= 15 is 0 Å². The Morgan fingerprint density at radius 2 is 0.533 bits per heavy atom. The monoisotopic (exact) mass is 1400 g/mol. The summed E-state index contributed by atoms with van der Waals surface area (Å²) < 4.78 is 3.47. The van der Waals surface area contributed by atoms with E-state index in [2.05, 4.69) is 425 Å². The second kappa shape index (κ2) is 28.4. The highest BCUT2D eigenvalue weighted by atomic mass is 79.9. The van der Waals surface area contributed by atoms with Gasteiger partial charge in [0, 0.05) is 55.3 Å². The lowest BCUT2D eigenvalue weighted by atomic mass is 9.86. The first kappa shape index (κ1) is 64.0. The standard InChI is InChI=1S/C50H34N2.C26H17Br.C25H19N/c1-3-15-35(16-4-1)49-43-21-7-9-23-45(43)50(46-24-10-8-22-44(46)49)36-27-29-38(30-28-36)51(37-17-5-2-6-18-37)39-31-33-40(34-32-39)52-47-25-13-11-19-41(47)42-20-12-14-26-48(42)52;27-20-16-14-19(15-17-20)26-23-12-6-4-10-21(23)25(18-8-2-1-3-9-18)22-11-5-7-13-24(22)26;1-2-8-19(9-3-1)26-20-16-14-18(15-17-20)25-23-12-6-4-10-21(23)22-11-5-7-13-24(22)25/h1-34H;1-17H;1-17,25-26H. The third-order valence-corrected chi connectivity index (χ3v) is 21.2. The molecule has 105 heavy (non-hydrogen) atoms. The Balaban J connectivity index is 0.000000124. The van der Waals surface area contributed by atoms with Crippen LogP contribution < -0.4 is 10.2 Å². The van der Waals surface area contributed by atoms with E-state index in [9.17, 15) is 0 Å². The van der Waals surface area contributed by atoms with Crippen LogP contribution in [0.3, 0.4) is 0 Å². The molecule has 18 aromatic carbocycles. The van der Waals surface area contributed by atoms with Gasteiger partial charge in [-0.1, -0.05) is 331 Å². The van der Waals surface area contributed by atoms with Crippen LogP contribution in [-0.4, -0.2) is 4.57 Å². The molecule has 19 aromatic rings. The summed E-state index contributed by atoms with van der Waals surface area (Å²) in [6, 6.07) is 148. The van der Waals surface area contributed by atoms with Crippen molar-refractivity contribution in [3.8, 4) is 61.3 Å². The van der Waals surface area contributed by atoms with Gasteiger partial charge in [-0.05, 0) is 212 Å². The van der Waals surface area contributed by atoms with Gasteiger partial charge >= 0.3 is 0 Å². The predicted molar refractivity (Wildman–Crippen MR) is 450 cm³/mol. The number of hydrogen-bond donors (Lipinski definition) is 1. The largest absolute Gasteiger partial charge is 0.356 e. The molecule has 1 heterocycles. The van der Waals surface area contributed by atoms with Crippen LogP contribution in [0, 0.1) is 0 Å². The lowest BCUT2D eigenvalue weighted by molar-refractivity contribution is 1.02. The van der Waals surface area contributed by atoms with Gasteiger partial charge in [-0.15, -0.1) is 0 Å². The van der Waals surface area contributed by atoms with Crippen molar-refractivity contribution in [2.75, 3.05) is 10.2 Å². The molecule has 3 nitrogen and oxygen atoms in total. The molecule has 0 fully saturated rings. The summed E-state index contributed by atoms with van der Waals surface area (Å²) in [5, 5.41) is 16.2. The number of aromatic nitrogens is 1. The molecule has 1 N–H and O–H groups in total. The zero-order chi connectivity index (χ0) is 70.0. The minimum atomic E-state index is 0.313. The minimum Gasteiger partial charge on any atom is -0.356 e. The van der Waals surface area contributed by atoms with E-state index in [0.29, 0.717) is 5.92 Å². The Kier molecular flexibility index (Phi) is 17.3. The van der Waals surface area contributed by atoms with E-state index in [1.165, 1.54) is 137 Å². The molecule has 4 heteroatoms. The van der Waals surface area contributed by atoms with Crippen molar-refractivity contribution >= 4 is 109 Å². The lowest BCUT2D eigenvalue weighted by Crippen LogP contribution is -2.10. The second-order valence-electron chi connectivity index (χ2n) is 26.7. The zero-order valence-electron chi connectivity index (χ0n) is 57.6. The summed E-state index contributed by atoms with van der Waals surface area (Å²) in [5.74, 6) is 0.313. The van der Waals surface area contributed by atoms with Crippen molar-refractivity contribution in [1.82, 2.24) is 4.57 Å². The van der Waals surface area contributed by atoms with Crippen LogP contribution in [0.2, 0.25) is 0 Å². The number of nitrogens with one attached hydrogen (secondary N) is 1. The van der Waals surface area contributed by atoms with Gasteiger partial charge in [-0.3, -0.25) is 0 Å². The van der Waals surface area contributed by atoms with Crippen LogP contribution in [0.5, 0.6) is 0 Å². The molecule has 1 aliphatic rings. The topological polar surface area (TPSA) is 20.2 Å². The van der Waals surface area contributed by atoms with Crippen LogP contribution in [0.1, 0.15) is 22.6 Å². The van der Waals surface area contributed by atoms with E-state index in [1.807, 2.05) is 18.2 Å². The zero-order valence-corrected chi connectivity index (χ0v) is 59.2. The Hall–Kier alpha value is -13.1. The average molecular weight is 1410 g/mol. The molecule has 0 unspecified atom stereocenters. The molecular weight excluding hydrogens is 1340 g/mol. The van der Waals surface area contributed by atoms with Crippen LogP contribution >= 0.6 is 15.9 Å². The number of halogens is 1. The normalized spacial score (nSPS) is 11.6. The molecule has 0 radical (unpaired) electrons. The van der Waals surface area contributed by atoms with Gasteiger partial charge in [0.1, 0.15) is 0 Å². The van der Waals surface area contributed by atoms with Crippen molar-refractivity contribution in [1.29, 1.82) is 0 Å². The van der Waals surface area contributed by atoms with Gasteiger partial charge < -0.3 is 14.8 Å². The van der Waals surface area contributed by atoms with Gasteiger partial charge in [-0.2, -0.15) is 0 Å². The number of fused-ring (bicyclic) bond motifs is 10. The SMILES string of the molecule is Brc1ccc(-c2c3ccccc3c(-c3ccccc3)c3ccccc23)cc1.c1ccc(-c2c3ccccc3c(-c3ccc(N(c4ccccc4)c4ccc(-n5c6ccccc6c6ccccc65)cc4)cc3)c3ccccc23)cc1.c1ccc(Nc2ccc(C3c4ccccc4-c4ccccc43)cc2)cc1. The van der Waals surface area contributed by atoms with Gasteiger partial charge in [-0.25, -0.2) is 0 Å². The molecule has 0 spiro atoms. The van der Waals surface area contributed by atoms with Gasteiger partial charge in [0.15, 0.2) is 0 Å². The first-order valence-electron chi connectivity index (χ1n) is 35.9. The van der Waals surface area contributed by atoms with Gasteiger partial charge in [0.2, 0.25) is 0 Å². The molecule has 496 valence electrons. The fraction of sp³-hybridized carbons (Fsp3) is 0.00990. The third kappa shape index (κ3) is 12.2. The van der Waals surface area contributed by atoms with Crippen LogP contribution in [0.15, 0.2) is 417 Å². The molecule has 0 saturated carbocycles. The van der Waals surface area contributed by atoms with E-state index in [-0.39, 0.29) is 0 Å². The van der Waals surface area contributed by atoms with E-state index in [0.717, 1.165) is 38.6 Å². The van der Waals surface area contributed by atoms with E-state index in [1.54, 1.807) is 0 Å². The molecule has 0 saturated heterocycles. The summed E-state index contributed by atoms with van der Waals surface area (Å²) in [5.41, 5.74) is 26.1. The highest BCUT2D eigenvalue weighted by molar-refractivity contribution is 9.10. The molecule has 1 aliphatic carbocycles. The average Bonchev–Trinajstić information content (AvgIpc) is 1.70. The van der Waals surface area contributed by atoms with Gasteiger partial charge in [0.25, 0.3) is 0 Å². The fourth-order valence-corrected chi connectivity index (χ4v) is 16.3. The molecule has 20 rings (SSSR count). The third-order valence-electron chi connectivity index (χ3n) is 20.6. The molecule has 0 bridgehead atoms. The highest BCUT2D eigenvalue weighted by Gasteiger charge is 2.29. The summed E-state index contributed by atoms with van der Waals surface area (Å²) >= 11 is 3.56. The maximum Gasteiger partial charge on any atom is 0.0541 e. The Labute approximate surface area is 620 Å². The maximum atomic E-state index is 3.56. The van der Waals surface area contributed by atoms with Crippen molar-refractivity contribution in [2.45, 2.75) is 5.92 Å². The Bertz CT molecular complexity index is 6120. The summed E-state index contributed by atoms with van der Waals surface area (Å²) in [4.78, 5) is 2.34. The van der Waals surface area contributed by atoms with E-state index < -0.39 is 0 Å². The van der Waals surface area contributed by atoms with E-state index in [4.69, 9.17) is 0 Å². The molecule has 0 amide bonds. The molecule has 0 atom stereocenters. The van der Waals surface area contributed by atoms with Crippen LogP contribution in [-0.2, 0) is 0 Å². The van der Waals surface area contributed by atoms with Crippen LogP contribution in [0.4, 0.5) is 28.4 Å². The Morgan fingerprint density at radius 1 is 0.238 bits per heavy atom. The smallest absolute Gasteiger partial charge is 0.0541 e.